The zero-order chi connectivity index (χ0) is 13.6. The summed E-state index contributed by atoms with van der Waals surface area (Å²) in [6, 6.07) is 1.21. The average Bonchev–Trinajstić information content (AvgIpc) is 2.78. The number of alkyl halides is 3. The quantitative estimate of drug-likeness (QED) is 0.813. The van der Waals surface area contributed by atoms with Gasteiger partial charge < -0.3 is 5.32 Å². The fourth-order valence-corrected chi connectivity index (χ4v) is 1.85. The lowest BCUT2D eigenvalue weighted by Crippen LogP contribution is -2.34. The molecule has 0 saturated heterocycles. The normalized spacial score (nSPS) is 13.3. The van der Waals surface area contributed by atoms with E-state index in [1.165, 1.54) is 4.68 Å². The molecule has 4 nitrogen and oxygen atoms in total. The Kier molecular flexibility index (Phi) is 5.52. The summed E-state index contributed by atoms with van der Waals surface area (Å²) in [6.07, 6.45) is 3.73. The van der Waals surface area contributed by atoms with Crippen molar-refractivity contribution in [1.29, 1.82) is 0 Å². The van der Waals surface area contributed by atoms with Crippen LogP contribution in [0.25, 0.3) is 0 Å². The minimum absolute atomic E-state index is 0.0131. The van der Waals surface area contributed by atoms with E-state index < -0.39 is 11.6 Å². The van der Waals surface area contributed by atoms with Gasteiger partial charge in [0.1, 0.15) is 6.04 Å². The molecule has 0 radical (unpaired) electrons. The summed E-state index contributed by atoms with van der Waals surface area (Å²) in [5.41, 5.74) is -4.25. The molecule has 1 atom stereocenters. The van der Waals surface area contributed by atoms with Gasteiger partial charge in [-0.2, -0.15) is 18.3 Å². The number of thioether (sulfide) groups is 1. The van der Waals surface area contributed by atoms with Crippen LogP contribution in [0.1, 0.15) is 19.4 Å². The Morgan fingerprint density at radius 3 is 2.78 bits per heavy atom. The lowest BCUT2D eigenvalue weighted by Gasteiger charge is -2.15. The zero-order valence-electron chi connectivity index (χ0n) is 9.78. The summed E-state index contributed by atoms with van der Waals surface area (Å²) in [7, 11) is 0. The van der Waals surface area contributed by atoms with Gasteiger partial charge in [0.2, 0.25) is 5.91 Å². The van der Waals surface area contributed by atoms with Gasteiger partial charge in [0.25, 0.3) is 0 Å². The van der Waals surface area contributed by atoms with E-state index in [9.17, 15) is 18.0 Å². The van der Waals surface area contributed by atoms with Crippen LogP contribution in [0.5, 0.6) is 0 Å². The second-order valence-electron chi connectivity index (χ2n) is 3.50. The van der Waals surface area contributed by atoms with Crippen molar-refractivity contribution in [2.75, 3.05) is 12.3 Å². The number of halogens is 3. The van der Waals surface area contributed by atoms with Gasteiger partial charge in [-0.15, -0.1) is 0 Å². The average molecular weight is 281 g/mol. The van der Waals surface area contributed by atoms with Crippen LogP contribution in [0, 0.1) is 0 Å². The number of rotatable bonds is 6. The highest BCUT2D eigenvalue weighted by atomic mass is 32.2. The van der Waals surface area contributed by atoms with E-state index >= 15 is 0 Å². The molecule has 1 rings (SSSR count). The number of carbonyl (C=O) groups is 1. The molecule has 0 aliphatic carbocycles. The molecule has 0 unspecified atom stereocenters. The van der Waals surface area contributed by atoms with Gasteiger partial charge >= 0.3 is 5.51 Å². The van der Waals surface area contributed by atoms with E-state index in [1.54, 1.807) is 18.5 Å². The molecule has 1 aromatic heterocycles. The fourth-order valence-electron chi connectivity index (χ4n) is 1.42. The Morgan fingerprint density at radius 1 is 1.56 bits per heavy atom. The van der Waals surface area contributed by atoms with Crippen molar-refractivity contribution in [1.82, 2.24) is 15.1 Å². The Labute approximate surface area is 107 Å². The predicted octanol–water partition coefficient (Wildman–Crippen LogP) is 2.20. The first-order valence-corrected chi connectivity index (χ1v) is 6.40. The molecule has 0 aromatic carbocycles. The summed E-state index contributed by atoms with van der Waals surface area (Å²) in [6.45, 7) is 1.80. The van der Waals surface area contributed by atoms with E-state index in [-0.39, 0.29) is 30.0 Å². The number of nitrogens with zero attached hydrogens (tertiary/aromatic N) is 2. The van der Waals surface area contributed by atoms with Crippen molar-refractivity contribution in [2.24, 2.45) is 0 Å². The van der Waals surface area contributed by atoms with Gasteiger partial charge in [0, 0.05) is 24.7 Å². The molecule has 1 N–H and O–H groups in total. The van der Waals surface area contributed by atoms with E-state index in [0.717, 1.165) is 0 Å². The van der Waals surface area contributed by atoms with E-state index in [4.69, 9.17) is 0 Å². The first kappa shape index (κ1) is 14.9. The SMILES string of the molecule is CC[C@@H](C(=O)NCCSC(F)(F)F)n1cccn1. The van der Waals surface area contributed by atoms with Crippen molar-refractivity contribution in [2.45, 2.75) is 24.9 Å². The molecule has 0 aliphatic rings. The summed E-state index contributed by atoms with van der Waals surface area (Å²) < 4.78 is 37.1. The number of aromatic nitrogens is 2. The first-order chi connectivity index (χ1) is 8.44. The Bertz CT molecular complexity index is 367. The molecule has 1 amide bonds. The van der Waals surface area contributed by atoms with Crippen LogP contribution in [-0.4, -0.2) is 33.5 Å². The van der Waals surface area contributed by atoms with E-state index in [0.29, 0.717) is 6.42 Å². The smallest absolute Gasteiger partial charge is 0.353 e. The molecule has 102 valence electrons. The number of hydrogen-bond donors (Lipinski definition) is 1. The molecule has 0 bridgehead atoms. The lowest BCUT2D eigenvalue weighted by atomic mass is 10.2. The third kappa shape index (κ3) is 4.99. The largest absolute Gasteiger partial charge is 0.441 e. The first-order valence-electron chi connectivity index (χ1n) is 5.41. The van der Waals surface area contributed by atoms with E-state index in [1.807, 2.05) is 6.92 Å². The third-order valence-electron chi connectivity index (χ3n) is 2.20. The second-order valence-corrected chi connectivity index (χ2v) is 4.66. The lowest BCUT2D eigenvalue weighted by molar-refractivity contribution is -0.124. The molecule has 1 heterocycles. The van der Waals surface area contributed by atoms with Crippen LogP contribution in [0.3, 0.4) is 0 Å². The van der Waals surface area contributed by atoms with E-state index in [2.05, 4.69) is 10.4 Å². The van der Waals surface area contributed by atoms with Crippen molar-refractivity contribution < 1.29 is 18.0 Å². The topological polar surface area (TPSA) is 46.9 Å². The van der Waals surface area contributed by atoms with Gasteiger partial charge in [0.05, 0.1) is 0 Å². The maximum Gasteiger partial charge on any atom is 0.441 e. The Balaban J connectivity index is 2.36. The molecule has 18 heavy (non-hydrogen) atoms. The van der Waals surface area contributed by atoms with Gasteiger partial charge in [0.15, 0.2) is 0 Å². The van der Waals surface area contributed by atoms with Gasteiger partial charge in [-0.25, -0.2) is 0 Å². The maximum absolute atomic E-state index is 11.9. The highest BCUT2D eigenvalue weighted by Crippen LogP contribution is 2.29. The molecule has 8 heteroatoms. The predicted molar refractivity (Wildman–Crippen MR) is 63.1 cm³/mol. The van der Waals surface area contributed by atoms with Crippen molar-refractivity contribution in [3.8, 4) is 0 Å². The fraction of sp³-hybridized carbons (Fsp3) is 0.600. The second kappa shape index (κ2) is 6.67. The van der Waals surface area contributed by atoms with Crippen LogP contribution >= 0.6 is 11.8 Å². The van der Waals surface area contributed by atoms with Gasteiger partial charge in [-0.05, 0) is 24.2 Å². The Morgan fingerprint density at radius 2 is 2.28 bits per heavy atom. The minimum Gasteiger partial charge on any atom is -0.353 e. The molecular weight excluding hydrogens is 267 g/mol. The minimum atomic E-state index is -4.25. The van der Waals surface area contributed by atoms with Gasteiger partial charge in [-0.3, -0.25) is 9.48 Å². The number of amides is 1. The molecule has 0 saturated carbocycles. The molecule has 0 spiro atoms. The van der Waals surface area contributed by atoms with Crippen LogP contribution in [0.4, 0.5) is 13.2 Å². The van der Waals surface area contributed by atoms with Crippen LogP contribution in [0.15, 0.2) is 18.5 Å². The van der Waals surface area contributed by atoms with Crippen molar-refractivity contribution >= 4 is 17.7 Å². The number of hydrogen-bond acceptors (Lipinski definition) is 3. The molecule has 0 fully saturated rings. The molecule has 0 aliphatic heterocycles. The van der Waals surface area contributed by atoms with Crippen LogP contribution in [-0.2, 0) is 4.79 Å². The monoisotopic (exact) mass is 281 g/mol. The number of carbonyl (C=O) groups excluding carboxylic acids is 1. The van der Waals surface area contributed by atoms with Crippen LogP contribution < -0.4 is 5.32 Å². The zero-order valence-corrected chi connectivity index (χ0v) is 10.6. The summed E-state index contributed by atoms with van der Waals surface area (Å²) >= 11 is -0.145. The Hall–Kier alpha value is -1.18. The van der Waals surface area contributed by atoms with Crippen molar-refractivity contribution in [3.05, 3.63) is 18.5 Å². The van der Waals surface area contributed by atoms with Gasteiger partial charge in [-0.1, -0.05) is 6.92 Å². The highest BCUT2D eigenvalue weighted by molar-refractivity contribution is 8.00. The molecule has 1 aromatic rings. The highest BCUT2D eigenvalue weighted by Gasteiger charge is 2.27. The summed E-state index contributed by atoms with van der Waals surface area (Å²) in [4.78, 5) is 11.7. The molecular formula is C10H14F3N3OS. The maximum atomic E-state index is 11.9. The van der Waals surface area contributed by atoms with Crippen molar-refractivity contribution in [3.63, 3.8) is 0 Å². The number of nitrogens with one attached hydrogen (secondary N) is 1. The third-order valence-corrected chi connectivity index (χ3v) is 2.94. The summed E-state index contributed by atoms with van der Waals surface area (Å²) in [5, 5.41) is 6.42. The summed E-state index contributed by atoms with van der Waals surface area (Å²) in [5.74, 6) is -0.505. The van der Waals surface area contributed by atoms with Crippen LogP contribution in [0.2, 0.25) is 0 Å². The standard InChI is InChI=1S/C10H14F3N3OS/c1-2-8(16-6-3-4-15-16)9(17)14-5-7-18-10(11,12)13/h3-4,6,8H,2,5,7H2,1H3,(H,14,17)/t8-/m0/s1.